The van der Waals surface area contributed by atoms with Crippen molar-refractivity contribution in [3.63, 3.8) is 0 Å². The van der Waals surface area contributed by atoms with Gasteiger partial charge in [-0.05, 0) is 42.3 Å². The van der Waals surface area contributed by atoms with E-state index >= 15 is 0 Å². The lowest BCUT2D eigenvalue weighted by Crippen LogP contribution is -2.12. The second-order valence-electron chi connectivity index (χ2n) is 6.31. The van der Waals surface area contributed by atoms with Crippen LogP contribution in [0.25, 0.3) is 21.8 Å². The Morgan fingerprint density at radius 2 is 1.68 bits per heavy atom. The predicted octanol–water partition coefficient (Wildman–Crippen LogP) is 4.08. The first-order valence-electron chi connectivity index (χ1n) is 8.67. The molecule has 4 aromatic rings. The standard InChI is InChI=1S/C21H22N4/c1-2-25-19-6-4-3-5-17(19)18-11-15(7-9-20(18)25)12-23-13-16-8-10-21(22)24-14-16/h3-11,14,23H,2,12-13H2,1H3,(H2,22,24). The summed E-state index contributed by atoms with van der Waals surface area (Å²) in [6.07, 6.45) is 1.82. The molecule has 0 aliphatic carbocycles. The molecule has 0 radical (unpaired) electrons. The quantitative estimate of drug-likeness (QED) is 0.580. The van der Waals surface area contributed by atoms with Gasteiger partial charge >= 0.3 is 0 Å². The van der Waals surface area contributed by atoms with E-state index in [2.05, 4.69) is 64.3 Å². The van der Waals surface area contributed by atoms with Crippen molar-refractivity contribution in [3.8, 4) is 0 Å². The minimum Gasteiger partial charge on any atom is -0.384 e. The number of hydrogen-bond acceptors (Lipinski definition) is 3. The summed E-state index contributed by atoms with van der Waals surface area (Å²) < 4.78 is 2.38. The SMILES string of the molecule is CCn1c2ccccc2c2cc(CNCc3ccc(N)nc3)ccc21. The summed E-state index contributed by atoms with van der Waals surface area (Å²) in [7, 11) is 0. The Morgan fingerprint density at radius 1 is 0.920 bits per heavy atom. The zero-order valence-electron chi connectivity index (χ0n) is 14.4. The molecule has 0 unspecified atom stereocenters. The van der Waals surface area contributed by atoms with Gasteiger partial charge in [0, 0.05) is 47.6 Å². The van der Waals surface area contributed by atoms with Crippen molar-refractivity contribution in [3.05, 3.63) is 71.9 Å². The van der Waals surface area contributed by atoms with Crippen molar-refractivity contribution in [1.29, 1.82) is 0 Å². The molecule has 4 rings (SSSR count). The molecule has 2 aromatic carbocycles. The van der Waals surface area contributed by atoms with Crippen molar-refractivity contribution in [2.24, 2.45) is 0 Å². The Kier molecular flexibility index (Phi) is 4.12. The van der Waals surface area contributed by atoms with Gasteiger partial charge in [0.25, 0.3) is 0 Å². The van der Waals surface area contributed by atoms with E-state index in [4.69, 9.17) is 5.73 Å². The third-order valence-electron chi connectivity index (χ3n) is 4.66. The van der Waals surface area contributed by atoms with Crippen molar-refractivity contribution in [1.82, 2.24) is 14.9 Å². The summed E-state index contributed by atoms with van der Waals surface area (Å²) in [5.41, 5.74) is 10.7. The van der Waals surface area contributed by atoms with Crippen molar-refractivity contribution >= 4 is 27.6 Å². The number of para-hydroxylation sites is 1. The monoisotopic (exact) mass is 330 g/mol. The molecule has 4 heteroatoms. The summed E-state index contributed by atoms with van der Waals surface area (Å²) >= 11 is 0. The highest BCUT2D eigenvalue weighted by Gasteiger charge is 2.09. The normalized spacial score (nSPS) is 11.4. The maximum absolute atomic E-state index is 5.62. The third kappa shape index (κ3) is 2.96. The lowest BCUT2D eigenvalue weighted by atomic mass is 10.1. The summed E-state index contributed by atoms with van der Waals surface area (Å²) in [5.74, 6) is 0.557. The van der Waals surface area contributed by atoms with E-state index in [9.17, 15) is 0 Å². The van der Waals surface area contributed by atoms with Gasteiger partial charge in [0.1, 0.15) is 5.82 Å². The zero-order valence-corrected chi connectivity index (χ0v) is 14.4. The third-order valence-corrected chi connectivity index (χ3v) is 4.66. The summed E-state index contributed by atoms with van der Waals surface area (Å²) in [4.78, 5) is 4.13. The lowest BCUT2D eigenvalue weighted by Gasteiger charge is -2.07. The van der Waals surface area contributed by atoms with Crippen molar-refractivity contribution < 1.29 is 0 Å². The number of aryl methyl sites for hydroxylation is 1. The molecular weight excluding hydrogens is 308 g/mol. The number of benzene rings is 2. The number of nitrogen functional groups attached to an aromatic ring is 1. The molecule has 0 aliphatic rings. The van der Waals surface area contributed by atoms with Crippen LogP contribution in [0, 0.1) is 0 Å². The molecule has 0 spiro atoms. The molecule has 126 valence electrons. The van der Waals surface area contributed by atoms with Crippen molar-refractivity contribution in [2.45, 2.75) is 26.6 Å². The van der Waals surface area contributed by atoms with Gasteiger partial charge in [0.05, 0.1) is 0 Å². The van der Waals surface area contributed by atoms with Crippen LogP contribution in [0.3, 0.4) is 0 Å². The topological polar surface area (TPSA) is 55.9 Å². The number of aromatic nitrogens is 2. The largest absolute Gasteiger partial charge is 0.384 e. The van der Waals surface area contributed by atoms with Gasteiger partial charge in [0.15, 0.2) is 0 Å². The molecule has 2 heterocycles. The predicted molar refractivity (Wildman–Crippen MR) is 104 cm³/mol. The maximum Gasteiger partial charge on any atom is 0.123 e. The number of anilines is 1. The number of fused-ring (bicyclic) bond motifs is 3. The molecule has 0 bridgehead atoms. The number of hydrogen-bond donors (Lipinski definition) is 2. The van der Waals surface area contributed by atoms with E-state index in [0.29, 0.717) is 5.82 Å². The van der Waals surface area contributed by atoms with Gasteiger partial charge in [-0.15, -0.1) is 0 Å². The van der Waals surface area contributed by atoms with Crippen LogP contribution in [0.15, 0.2) is 60.8 Å². The van der Waals surface area contributed by atoms with Gasteiger partial charge < -0.3 is 15.6 Å². The van der Waals surface area contributed by atoms with Gasteiger partial charge in [-0.1, -0.05) is 30.3 Å². The number of rotatable bonds is 5. The van der Waals surface area contributed by atoms with Gasteiger partial charge in [-0.3, -0.25) is 0 Å². The van der Waals surface area contributed by atoms with Crippen LogP contribution in [0.2, 0.25) is 0 Å². The van der Waals surface area contributed by atoms with Crippen LogP contribution in [-0.4, -0.2) is 9.55 Å². The summed E-state index contributed by atoms with van der Waals surface area (Å²) in [6, 6.07) is 19.2. The number of nitrogens with one attached hydrogen (secondary N) is 1. The lowest BCUT2D eigenvalue weighted by molar-refractivity contribution is 0.692. The van der Waals surface area contributed by atoms with E-state index < -0.39 is 0 Å². The average Bonchev–Trinajstić information content (AvgIpc) is 2.96. The van der Waals surface area contributed by atoms with Crippen LogP contribution in [-0.2, 0) is 19.6 Å². The van der Waals surface area contributed by atoms with E-state index in [1.807, 2.05) is 18.3 Å². The van der Waals surface area contributed by atoms with Gasteiger partial charge in [-0.2, -0.15) is 0 Å². The van der Waals surface area contributed by atoms with Crippen LogP contribution < -0.4 is 11.1 Å². The second kappa shape index (κ2) is 6.57. The van der Waals surface area contributed by atoms with E-state index in [1.54, 1.807) is 0 Å². The summed E-state index contributed by atoms with van der Waals surface area (Å²) in [5, 5.41) is 6.13. The molecule has 0 saturated carbocycles. The fraction of sp³-hybridized carbons (Fsp3) is 0.190. The highest BCUT2D eigenvalue weighted by Crippen LogP contribution is 2.29. The smallest absolute Gasteiger partial charge is 0.123 e. The number of nitrogens with two attached hydrogens (primary N) is 1. The van der Waals surface area contributed by atoms with E-state index in [0.717, 1.165) is 25.2 Å². The molecular formula is C21H22N4. The molecule has 3 N–H and O–H groups in total. The Labute approximate surface area is 147 Å². The maximum atomic E-state index is 5.62. The Balaban J connectivity index is 1.58. The molecule has 0 amide bonds. The summed E-state index contributed by atoms with van der Waals surface area (Å²) in [6.45, 7) is 4.78. The molecule has 0 aliphatic heterocycles. The van der Waals surface area contributed by atoms with Crippen LogP contribution >= 0.6 is 0 Å². The first-order valence-corrected chi connectivity index (χ1v) is 8.67. The molecule has 0 saturated heterocycles. The molecule has 2 aromatic heterocycles. The zero-order chi connectivity index (χ0) is 17.2. The van der Waals surface area contributed by atoms with Gasteiger partial charge in [0.2, 0.25) is 0 Å². The molecule has 0 fully saturated rings. The minimum atomic E-state index is 0.557. The van der Waals surface area contributed by atoms with E-state index in [-0.39, 0.29) is 0 Å². The molecule has 25 heavy (non-hydrogen) atoms. The fourth-order valence-corrected chi connectivity index (χ4v) is 3.44. The second-order valence-corrected chi connectivity index (χ2v) is 6.31. The Morgan fingerprint density at radius 3 is 2.48 bits per heavy atom. The first kappa shape index (κ1) is 15.7. The average molecular weight is 330 g/mol. The van der Waals surface area contributed by atoms with Gasteiger partial charge in [-0.25, -0.2) is 4.98 Å². The Hall–Kier alpha value is -2.85. The first-order chi connectivity index (χ1) is 12.3. The van der Waals surface area contributed by atoms with Crippen LogP contribution in [0.5, 0.6) is 0 Å². The Bertz CT molecular complexity index is 1020. The van der Waals surface area contributed by atoms with Crippen LogP contribution in [0.1, 0.15) is 18.1 Å². The highest BCUT2D eigenvalue weighted by molar-refractivity contribution is 6.08. The molecule has 0 atom stereocenters. The van der Waals surface area contributed by atoms with E-state index in [1.165, 1.54) is 27.4 Å². The fourth-order valence-electron chi connectivity index (χ4n) is 3.44. The van der Waals surface area contributed by atoms with Crippen LogP contribution in [0.4, 0.5) is 5.82 Å². The number of nitrogens with zero attached hydrogens (tertiary/aromatic N) is 2. The minimum absolute atomic E-state index is 0.557. The van der Waals surface area contributed by atoms with Crippen molar-refractivity contribution in [2.75, 3.05) is 5.73 Å². The highest BCUT2D eigenvalue weighted by atomic mass is 15.0. The molecule has 4 nitrogen and oxygen atoms in total. The number of pyridine rings is 1.